The van der Waals surface area contributed by atoms with E-state index in [9.17, 15) is 9.59 Å². The lowest BCUT2D eigenvalue weighted by molar-refractivity contribution is -0.141. The van der Waals surface area contributed by atoms with Gasteiger partial charge in [-0.3, -0.25) is 4.79 Å². The average molecular weight is 303 g/mol. The minimum Gasteiger partial charge on any atom is -0.497 e. The Morgan fingerprint density at radius 3 is 2.41 bits per heavy atom. The minimum atomic E-state index is -0.614. The molecule has 1 atom stereocenters. The molecule has 0 aliphatic carbocycles. The van der Waals surface area contributed by atoms with Gasteiger partial charge < -0.3 is 9.47 Å². The molecule has 1 aromatic rings. The van der Waals surface area contributed by atoms with Crippen molar-refractivity contribution in [3.05, 3.63) is 35.9 Å². The number of benzene rings is 1. The van der Waals surface area contributed by atoms with E-state index in [-0.39, 0.29) is 11.9 Å². The Labute approximate surface area is 130 Å². The molecule has 1 heterocycles. The number of hydrogen-bond donors (Lipinski definition) is 0. The maximum Gasteiger partial charge on any atom is 0.417 e. The summed E-state index contributed by atoms with van der Waals surface area (Å²) in [6, 6.07) is 7.29. The van der Waals surface area contributed by atoms with Gasteiger partial charge in [0, 0.05) is 0 Å². The molecule has 5 nitrogen and oxygen atoms in total. The van der Waals surface area contributed by atoms with Crippen molar-refractivity contribution in [2.45, 2.75) is 38.8 Å². The number of hydrogen-bond acceptors (Lipinski definition) is 4. The average Bonchev–Trinajstić information content (AvgIpc) is 2.41. The number of imide groups is 1. The zero-order valence-electron chi connectivity index (χ0n) is 13.3. The predicted octanol–water partition coefficient (Wildman–Crippen LogP) is 3.24. The molecule has 1 aliphatic rings. The third-order valence-electron chi connectivity index (χ3n) is 3.20. The molecule has 1 aromatic carbocycles. The SMILES string of the molecule is COc1ccc(/C=C/C2CC(=O)N2C(=O)OC(C)(C)C)cc1. The van der Waals surface area contributed by atoms with E-state index in [1.54, 1.807) is 27.9 Å². The van der Waals surface area contributed by atoms with Crippen LogP contribution in [0.2, 0.25) is 0 Å². The van der Waals surface area contributed by atoms with E-state index in [1.807, 2.05) is 36.4 Å². The molecule has 0 saturated carbocycles. The predicted molar refractivity (Wildman–Crippen MR) is 83.5 cm³/mol. The normalized spacial score (nSPS) is 18.3. The van der Waals surface area contributed by atoms with Crippen molar-refractivity contribution in [3.8, 4) is 5.75 Å². The first-order chi connectivity index (χ1) is 10.3. The van der Waals surface area contributed by atoms with Crippen LogP contribution < -0.4 is 4.74 Å². The molecular formula is C17H21NO4. The lowest BCUT2D eigenvalue weighted by Crippen LogP contribution is -2.55. The minimum absolute atomic E-state index is 0.210. The highest BCUT2D eigenvalue weighted by Gasteiger charge is 2.41. The van der Waals surface area contributed by atoms with Crippen molar-refractivity contribution in [1.82, 2.24) is 4.90 Å². The van der Waals surface area contributed by atoms with E-state index in [0.29, 0.717) is 6.42 Å². The number of carbonyl (C=O) groups excluding carboxylic acids is 2. The summed E-state index contributed by atoms with van der Waals surface area (Å²) in [5.41, 5.74) is 0.362. The van der Waals surface area contributed by atoms with Crippen LogP contribution in [0, 0.1) is 0 Å². The Balaban J connectivity index is 2.01. The summed E-state index contributed by atoms with van der Waals surface area (Å²) >= 11 is 0. The molecule has 1 aliphatic heterocycles. The Kier molecular flexibility index (Phi) is 4.54. The zero-order valence-corrected chi connectivity index (χ0v) is 13.3. The number of amides is 2. The summed E-state index contributed by atoms with van der Waals surface area (Å²) in [4.78, 5) is 24.8. The van der Waals surface area contributed by atoms with Gasteiger partial charge in [0.15, 0.2) is 0 Å². The van der Waals surface area contributed by atoms with Crippen molar-refractivity contribution in [2.75, 3.05) is 7.11 Å². The Morgan fingerprint density at radius 1 is 1.27 bits per heavy atom. The molecule has 0 aromatic heterocycles. The van der Waals surface area contributed by atoms with Crippen molar-refractivity contribution in [3.63, 3.8) is 0 Å². The van der Waals surface area contributed by atoms with Gasteiger partial charge in [-0.25, -0.2) is 9.69 Å². The molecular weight excluding hydrogens is 282 g/mol. The van der Waals surface area contributed by atoms with Gasteiger partial charge in [0.25, 0.3) is 0 Å². The van der Waals surface area contributed by atoms with Crippen molar-refractivity contribution >= 4 is 18.1 Å². The summed E-state index contributed by atoms with van der Waals surface area (Å²) in [6.45, 7) is 5.33. The smallest absolute Gasteiger partial charge is 0.417 e. The van der Waals surface area contributed by atoms with Crippen LogP contribution >= 0.6 is 0 Å². The second-order valence-electron chi connectivity index (χ2n) is 6.15. The number of likely N-dealkylation sites (tertiary alicyclic amines) is 1. The molecule has 0 bridgehead atoms. The summed E-state index contributed by atoms with van der Waals surface area (Å²) in [6.07, 6.45) is 3.46. The molecule has 0 radical (unpaired) electrons. The summed E-state index contributed by atoms with van der Waals surface area (Å²) in [7, 11) is 1.61. The van der Waals surface area contributed by atoms with Crippen LogP contribution in [-0.4, -0.2) is 35.7 Å². The molecule has 2 rings (SSSR count). The first-order valence-electron chi connectivity index (χ1n) is 7.17. The number of ether oxygens (including phenoxy) is 2. The number of carbonyl (C=O) groups is 2. The van der Waals surface area contributed by atoms with E-state index in [4.69, 9.17) is 9.47 Å². The van der Waals surface area contributed by atoms with Crippen LogP contribution in [-0.2, 0) is 9.53 Å². The molecule has 118 valence electrons. The van der Waals surface area contributed by atoms with E-state index < -0.39 is 11.7 Å². The third-order valence-corrected chi connectivity index (χ3v) is 3.20. The Morgan fingerprint density at radius 2 is 1.91 bits per heavy atom. The summed E-state index contributed by atoms with van der Waals surface area (Å²) in [5, 5.41) is 0. The summed E-state index contributed by atoms with van der Waals surface area (Å²) in [5.74, 6) is 0.574. The lowest BCUT2D eigenvalue weighted by Gasteiger charge is -2.37. The van der Waals surface area contributed by atoms with Gasteiger partial charge in [-0.1, -0.05) is 24.3 Å². The molecule has 5 heteroatoms. The van der Waals surface area contributed by atoms with Gasteiger partial charge in [-0.05, 0) is 38.5 Å². The van der Waals surface area contributed by atoms with Gasteiger partial charge >= 0.3 is 6.09 Å². The standard InChI is InChI=1S/C17H21NO4/c1-17(2,3)22-16(20)18-13(11-15(18)19)8-5-12-6-9-14(21-4)10-7-12/h5-10,13H,11H2,1-4H3/b8-5+. The van der Waals surface area contributed by atoms with Gasteiger partial charge in [-0.2, -0.15) is 0 Å². The fourth-order valence-electron chi connectivity index (χ4n) is 2.08. The number of nitrogens with zero attached hydrogens (tertiary/aromatic N) is 1. The number of methoxy groups -OCH3 is 1. The molecule has 1 saturated heterocycles. The van der Waals surface area contributed by atoms with Crippen molar-refractivity contribution < 1.29 is 19.1 Å². The first kappa shape index (κ1) is 16.1. The molecule has 2 amide bonds. The van der Waals surface area contributed by atoms with Gasteiger partial charge in [0.2, 0.25) is 5.91 Å². The van der Waals surface area contributed by atoms with Gasteiger partial charge in [-0.15, -0.1) is 0 Å². The second-order valence-corrected chi connectivity index (χ2v) is 6.15. The maximum atomic E-state index is 12.0. The molecule has 1 fully saturated rings. The third kappa shape index (κ3) is 3.87. The second kappa shape index (κ2) is 6.22. The van der Waals surface area contributed by atoms with E-state index in [0.717, 1.165) is 16.2 Å². The van der Waals surface area contributed by atoms with Crippen LogP contribution in [0.25, 0.3) is 6.08 Å². The van der Waals surface area contributed by atoms with Crippen LogP contribution in [0.1, 0.15) is 32.8 Å². The number of rotatable bonds is 3. The Hall–Kier alpha value is -2.30. The van der Waals surface area contributed by atoms with E-state index >= 15 is 0 Å². The maximum absolute atomic E-state index is 12.0. The zero-order chi connectivity index (χ0) is 16.3. The Bertz CT molecular complexity index is 584. The largest absolute Gasteiger partial charge is 0.497 e. The molecule has 1 unspecified atom stereocenters. The highest BCUT2D eigenvalue weighted by molar-refractivity contribution is 5.98. The summed E-state index contributed by atoms with van der Waals surface area (Å²) < 4.78 is 10.3. The van der Waals surface area contributed by atoms with Crippen LogP contribution in [0.15, 0.2) is 30.3 Å². The van der Waals surface area contributed by atoms with Crippen molar-refractivity contribution in [1.29, 1.82) is 0 Å². The van der Waals surface area contributed by atoms with Gasteiger partial charge in [0.1, 0.15) is 11.4 Å². The highest BCUT2D eigenvalue weighted by Crippen LogP contribution is 2.24. The topological polar surface area (TPSA) is 55.8 Å². The van der Waals surface area contributed by atoms with E-state index in [1.165, 1.54) is 0 Å². The fourth-order valence-corrected chi connectivity index (χ4v) is 2.08. The molecule has 0 N–H and O–H groups in total. The monoisotopic (exact) mass is 303 g/mol. The van der Waals surface area contributed by atoms with Crippen LogP contribution in [0.4, 0.5) is 4.79 Å². The van der Waals surface area contributed by atoms with E-state index in [2.05, 4.69) is 0 Å². The van der Waals surface area contributed by atoms with Crippen molar-refractivity contribution in [2.24, 2.45) is 0 Å². The van der Waals surface area contributed by atoms with Crippen LogP contribution in [0.3, 0.4) is 0 Å². The van der Waals surface area contributed by atoms with Gasteiger partial charge in [0.05, 0.1) is 19.6 Å². The van der Waals surface area contributed by atoms with Crippen LogP contribution in [0.5, 0.6) is 5.75 Å². The first-order valence-corrected chi connectivity index (χ1v) is 7.17. The quantitative estimate of drug-likeness (QED) is 0.804. The highest BCUT2D eigenvalue weighted by atomic mass is 16.6. The molecule has 0 spiro atoms. The molecule has 22 heavy (non-hydrogen) atoms. The lowest BCUT2D eigenvalue weighted by atomic mass is 10.0. The fraction of sp³-hybridized carbons (Fsp3) is 0.412. The number of β-lactam (4-membered cyclic amide) rings is 1.